The first-order valence-electron chi connectivity index (χ1n) is 6.21. The number of rotatable bonds is 4. The van der Waals surface area contributed by atoms with Crippen LogP contribution in [0.4, 0.5) is 5.69 Å². The molecule has 1 unspecified atom stereocenters. The molecule has 0 bridgehead atoms. The van der Waals surface area contributed by atoms with Crippen LogP contribution in [-0.4, -0.2) is 17.9 Å². The van der Waals surface area contributed by atoms with Gasteiger partial charge in [0.15, 0.2) is 0 Å². The molecule has 4 nitrogen and oxygen atoms in total. The van der Waals surface area contributed by atoms with Gasteiger partial charge in [-0.3, -0.25) is 4.79 Å². The number of hydrogen-bond acceptors (Lipinski definition) is 4. The summed E-state index contributed by atoms with van der Waals surface area (Å²) in [6.07, 6.45) is 0. The molecule has 1 heterocycles. The molecule has 1 atom stereocenters. The predicted molar refractivity (Wildman–Crippen MR) is 83.7 cm³/mol. The summed E-state index contributed by atoms with van der Waals surface area (Å²) < 4.78 is 0. The lowest BCUT2D eigenvalue weighted by atomic mass is 10.1. The fourth-order valence-corrected chi connectivity index (χ4v) is 2.74. The number of anilines is 1. The van der Waals surface area contributed by atoms with Crippen molar-refractivity contribution in [2.75, 3.05) is 12.4 Å². The van der Waals surface area contributed by atoms with E-state index in [0.717, 1.165) is 16.4 Å². The van der Waals surface area contributed by atoms with Crippen LogP contribution in [0.3, 0.4) is 0 Å². The molecule has 2 aromatic rings. The third-order valence-electron chi connectivity index (χ3n) is 2.90. The van der Waals surface area contributed by atoms with Gasteiger partial charge in [0, 0.05) is 18.1 Å². The fraction of sp³-hybridized carbons (Fsp3) is 0.286. The summed E-state index contributed by atoms with van der Waals surface area (Å²) in [5.74, 6) is -0.198. The van der Waals surface area contributed by atoms with Crippen LogP contribution in [0.1, 0.15) is 34.0 Å². The van der Waals surface area contributed by atoms with Crippen LogP contribution in [0.15, 0.2) is 23.6 Å². The van der Waals surface area contributed by atoms with E-state index >= 15 is 0 Å². The highest BCUT2D eigenvalue weighted by atomic mass is 35.5. The normalized spacial score (nSPS) is 12.0. The Morgan fingerprint density at radius 3 is 2.80 bits per heavy atom. The van der Waals surface area contributed by atoms with E-state index in [2.05, 4.69) is 15.6 Å². The molecule has 20 heavy (non-hydrogen) atoms. The smallest absolute Gasteiger partial charge is 0.252 e. The summed E-state index contributed by atoms with van der Waals surface area (Å²) in [5.41, 5.74) is 2.29. The number of halogens is 1. The van der Waals surface area contributed by atoms with Crippen molar-refractivity contribution in [1.82, 2.24) is 10.3 Å². The Morgan fingerprint density at radius 2 is 2.20 bits per heavy atom. The minimum Gasteiger partial charge on any atom is -0.377 e. The van der Waals surface area contributed by atoms with Crippen molar-refractivity contribution in [3.8, 4) is 0 Å². The van der Waals surface area contributed by atoms with Crippen LogP contribution in [0, 0.1) is 6.92 Å². The second-order valence-corrected chi connectivity index (χ2v) is 5.90. The van der Waals surface area contributed by atoms with Crippen molar-refractivity contribution in [3.63, 3.8) is 0 Å². The summed E-state index contributed by atoms with van der Waals surface area (Å²) in [4.78, 5) is 16.2. The lowest BCUT2D eigenvalue weighted by molar-refractivity contribution is 0.0963. The van der Waals surface area contributed by atoms with Gasteiger partial charge < -0.3 is 10.6 Å². The molecule has 0 aliphatic heterocycles. The molecule has 2 N–H and O–H groups in total. The van der Waals surface area contributed by atoms with Crippen molar-refractivity contribution in [1.29, 1.82) is 0 Å². The molecular weight excluding hydrogens is 294 g/mol. The van der Waals surface area contributed by atoms with Crippen LogP contribution in [0.25, 0.3) is 0 Å². The molecule has 1 aromatic heterocycles. The number of carbonyl (C=O) groups excluding carboxylic acids is 1. The number of aromatic nitrogens is 1. The number of nitrogens with zero attached hydrogens (tertiary/aromatic N) is 1. The van der Waals surface area contributed by atoms with Gasteiger partial charge in [-0.05, 0) is 32.0 Å². The van der Waals surface area contributed by atoms with Crippen molar-refractivity contribution >= 4 is 34.5 Å². The second kappa shape index (κ2) is 6.24. The predicted octanol–water partition coefficient (Wildman–Crippen LogP) is 3.64. The Morgan fingerprint density at radius 1 is 1.45 bits per heavy atom. The van der Waals surface area contributed by atoms with Gasteiger partial charge in [-0.15, -0.1) is 11.3 Å². The number of nitrogens with one attached hydrogen (secondary N) is 2. The fourth-order valence-electron chi connectivity index (χ4n) is 1.83. The SMILES string of the molecule is CNC(=O)c1cc(NC(C)c2csc(C)n2)ccc1Cl. The average Bonchev–Trinajstić information content (AvgIpc) is 2.87. The average molecular weight is 310 g/mol. The molecule has 1 aromatic carbocycles. The topological polar surface area (TPSA) is 54.0 Å². The number of thiazole rings is 1. The van der Waals surface area contributed by atoms with Gasteiger partial charge in [0.2, 0.25) is 0 Å². The minimum atomic E-state index is -0.198. The first-order chi connectivity index (χ1) is 9.51. The van der Waals surface area contributed by atoms with Gasteiger partial charge in [0.05, 0.1) is 27.3 Å². The summed E-state index contributed by atoms with van der Waals surface area (Å²) in [6.45, 7) is 4.01. The molecule has 0 aliphatic carbocycles. The lowest BCUT2D eigenvalue weighted by Gasteiger charge is -2.14. The Hall–Kier alpha value is -1.59. The van der Waals surface area contributed by atoms with Crippen LogP contribution >= 0.6 is 22.9 Å². The van der Waals surface area contributed by atoms with E-state index in [4.69, 9.17) is 11.6 Å². The molecule has 0 spiro atoms. The summed E-state index contributed by atoms with van der Waals surface area (Å²) >= 11 is 7.65. The van der Waals surface area contributed by atoms with E-state index in [-0.39, 0.29) is 11.9 Å². The minimum absolute atomic E-state index is 0.0682. The molecule has 0 aliphatic rings. The first-order valence-corrected chi connectivity index (χ1v) is 7.47. The number of aryl methyl sites for hydroxylation is 1. The lowest BCUT2D eigenvalue weighted by Crippen LogP contribution is -2.18. The number of hydrogen-bond donors (Lipinski definition) is 2. The van der Waals surface area contributed by atoms with E-state index in [1.165, 1.54) is 0 Å². The highest BCUT2D eigenvalue weighted by Gasteiger charge is 2.12. The Balaban J connectivity index is 2.19. The molecule has 106 valence electrons. The Bertz CT molecular complexity index is 627. The molecule has 0 saturated carbocycles. The maximum Gasteiger partial charge on any atom is 0.252 e. The number of benzene rings is 1. The van der Waals surface area contributed by atoms with Crippen LogP contribution < -0.4 is 10.6 Å². The van der Waals surface area contributed by atoms with Gasteiger partial charge in [-0.2, -0.15) is 0 Å². The van der Waals surface area contributed by atoms with E-state index < -0.39 is 0 Å². The van der Waals surface area contributed by atoms with Crippen LogP contribution in [0.2, 0.25) is 5.02 Å². The van der Waals surface area contributed by atoms with Gasteiger partial charge in [0.1, 0.15) is 0 Å². The number of amides is 1. The molecule has 0 radical (unpaired) electrons. The van der Waals surface area contributed by atoms with Crippen LogP contribution in [0.5, 0.6) is 0 Å². The van der Waals surface area contributed by atoms with E-state index in [1.54, 1.807) is 30.5 Å². The molecule has 6 heteroatoms. The summed E-state index contributed by atoms with van der Waals surface area (Å²) in [5, 5.41) is 9.40. The van der Waals surface area contributed by atoms with Crippen LogP contribution in [-0.2, 0) is 0 Å². The van der Waals surface area contributed by atoms with Crippen molar-refractivity contribution in [2.24, 2.45) is 0 Å². The zero-order chi connectivity index (χ0) is 14.7. The van der Waals surface area contributed by atoms with Crippen molar-refractivity contribution in [2.45, 2.75) is 19.9 Å². The van der Waals surface area contributed by atoms with Gasteiger partial charge in [-0.25, -0.2) is 4.98 Å². The second-order valence-electron chi connectivity index (χ2n) is 4.43. The Kier molecular flexibility index (Phi) is 4.62. The van der Waals surface area contributed by atoms with Gasteiger partial charge >= 0.3 is 0 Å². The molecule has 0 fully saturated rings. The molecule has 2 rings (SSSR count). The number of carbonyl (C=O) groups is 1. The summed E-state index contributed by atoms with van der Waals surface area (Å²) in [7, 11) is 1.58. The third-order valence-corrected chi connectivity index (χ3v) is 4.02. The first kappa shape index (κ1) is 14.8. The standard InChI is InChI=1S/C14H16ClN3OS/c1-8(13-7-20-9(2)18-13)17-10-4-5-12(15)11(6-10)14(19)16-3/h4-8,17H,1-3H3,(H,16,19). The van der Waals surface area contributed by atoms with E-state index in [0.29, 0.717) is 10.6 Å². The summed E-state index contributed by atoms with van der Waals surface area (Å²) in [6, 6.07) is 5.38. The highest BCUT2D eigenvalue weighted by molar-refractivity contribution is 7.09. The van der Waals surface area contributed by atoms with Crippen molar-refractivity contribution in [3.05, 3.63) is 44.9 Å². The monoisotopic (exact) mass is 309 g/mol. The maximum atomic E-state index is 11.7. The van der Waals surface area contributed by atoms with Gasteiger partial charge in [0.25, 0.3) is 5.91 Å². The van der Waals surface area contributed by atoms with Crippen molar-refractivity contribution < 1.29 is 4.79 Å². The Labute approximate surface area is 127 Å². The van der Waals surface area contributed by atoms with E-state index in [1.807, 2.05) is 25.3 Å². The zero-order valence-corrected chi connectivity index (χ0v) is 13.1. The van der Waals surface area contributed by atoms with E-state index in [9.17, 15) is 4.79 Å². The molecular formula is C14H16ClN3OS. The third kappa shape index (κ3) is 3.29. The largest absolute Gasteiger partial charge is 0.377 e. The highest BCUT2D eigenvalue weighted by Crippen LogP contribution is 2.24. The molecule has 0 saturated heterocycles. The quantitative estimate of drug-likeness (QED) is 0.906. The van der Waals surface area contributed by atoms with Gasteiger partial charge in [-0.1, -0.05) is 11.6 Å². The maximum absolute atomic E-state index is 11.7. The zero-order valence-electron chi connectivity index (χ0n) is 11.5. The molecule has 1 amide bonds.